The van der Waals surface area contributed by atoms with Gasteiger partial charge >= 0.3 is 0 Å². The van der Waals surface area contributed by atoms with Crippen LogP contribution in [-0.2, 0) is 4.79 Å². The molecule has 1 fully saturated rings. The highest BCUT2D eigenvalue weighted by atomic mass is 35.5. The summed E-state index contributed by atoms with van der Waals surface area (Å²) in [7, 11) is 0. The molecule has 5 nitrogen and oxygen atoms in total. The molecule has 1 aromatic heterocycles. The van der Waals surface area contributed by atoms with Gasteiger partial charge in [0.15, 0.2) is 5.13 Å². The van der Waals surface area contributed by atoms with E-state index in [9.17, 15) is 4.79 Å². The smallest absolute Gasteiger partial charge is 0.222 e. The summed E-state index contributed by atoms with van der Waals surface area (Å²) in [5, 5.41) is 1.73. The van der Waals surface area contributed by atoms with Crippen LogP contribution in [0.5, 0.6) is 5.75 Å². The minimum absolute atomic E-state index is 0.203. The summed E-state index contributed by atoms with van der Waals surface area (Å²) in [4.78, 5) is 21.4. The number of rotatable bonds is 6. The van der Waals surface area contributed by atoms with Gasteiger partial charge in [-0.2, -0.15) is 0 Å². The minimum Gasteiger partial charge on any atom is -0.493 e. The van der Waals surface area contributed by atoms with Crippen LogP contribution in [0.25, 0.3) is 10.2 Å². The molecule has 2 aromatic carbocycles. The zero-order valence-corrected chi connectivity index (χ0v) is 18.0. The van der Waals surface area contributed by atoms with Crippen LogP contribution in [-0.4, -0.2) is 48.6 Å². The number of piperazine rings is 1. The number of nitrogens with zero attached hydrogens (tertiary/aromatic N) is 3. The summed E-state index contributed by atoms with van der Waals surface area (Å²) in [6.45, 7) is 5.66. The quantitative estimate of drug-likeness (QED) is 0.529. The molecule has 0 bridgehead atoms. The van der Waals surface area contributed by atoms with Crippen LogP contribution in [0.1, 0.15) is 18.4 Å². The van der Waals surface area contributed by atoms with E-state index in [2.05, 4.69) is 4.90 Å². The zero-order valence-electron chi connectivity index (χ0n) is 16.4. The maximum atomic E-state index is 12.5. The van der Waals surface area contributed by atoms with Gasteiger partial charge in [-0.25, -0.2) is 4.98 Å². The van der Waals surface area contributed by atoms with Crippen molar-refractivity contribution in [3.63, 3.8) is 0 Å². The third-order valence-electron chi connectivity index (χ3n) is 5.13. The van der Waals surface area contributed by atoms with Gasteiger partial charge in [-0.15, -0.1) is 0 Å². The molecule has 0 aliphatic carbocycles. The Morgan fingerprint density at radius 2 is 1.97 bits per heavy atom. The summed E-state index contributed by atoms with van der Waals surface area (Å²) in [5.41, 5.74) is 2.09. The van der Waals surface area contributed by atoms with Gasteiger partial charge in [-0.05, 0) is 43.2 Å². The Hall–Kier alpha value is -2.31. The van der Waals surface area contributed by atoms with Gasteiger partial charge in [0.05, 0.1) is 16.8 Å². The summed E-state index contributed by atoms with van der Waals surface area (Å²) in [6, 6.07) is 13.7. The number of aromatic nitrogens is 1. The summed E-state index contributed by atoms with van der Waals surface area (Å²) in [6.07, 6.45) is 1.25. The van der Waals surface area contributed by atoms with Gasteiger partial charge in [-0.3, -0.25) is 4.79 Å². The van der Waals surface area contributed by atoms with Crippen molar-refractivity contribution < 1.29 is 9.53 Å². The number of hydrogen-bond acceptors (Lipinski definition) is 5. The molecular weight excluding hydrogens is 406 g/mol. The molecule has 0 spiro atoms. The molecule has 1 saturated heterocycles. The first-order chi connectivity index (χ1) is 14.1. The Balaban J connectivity index is 1.23. The standard InChI is InChI=1S/C22H24ClN3O2S/c1-16-5-2-3-6-19(16)28-14-4-7-21(27)25-10-12-26(13-11-25)22-24-18-9-8-17(23)15-20(18)29-22/h2-3,5-6,8-9,15H,4,7,10-14H2,1H3. The number of carbonyl (C=O) groups excluding carboxylic acids is 1. The lowest BCUT2D eigenvalue weighted by molar-refractivity contribution is -0.131. The second-order valence-corrected chi connectivity index (χ2v) is 8.64. The first kappa shape index (κ1) is 20.0. The fraction of sp³-hybridized carbons (Fsp3) is 0.364. The van der Waals surface area contributed by atoms with Crippen LogP contribution < -0.4 is 9.64 Å². The van der Waals surface area contributed by atoms with E-state index >= 15 is 0 Å². The molecule has 1 aliphatic heterocycles. The number of para-hydroxylation sites is 1. The number of carbonyl (C=O) groups is 1. The Morgan fingerprint density at radius 1 is 1.17 bits per heavy atom. The molecule has 0 N–H and O–H groups in total. The molecule has 29 heavy (non-hydrogen) atoms. The first-order valence-corrected chi connectivity index (χ1v) is 11.1. The Morgan fingerprint density at radius 3 is 2.76 bits per heavy atom. The van der Waals surface area contributed by atoms with E-state index < -0.39 is 0 Å². The van der Waals surface area contributed by atoms with Gasteiger partial charge in [0.1, 0.15) is 5.75 Å². The number of thiazole rings is 1. The molecule has 152 valence electrons. The normalized spacial score (nSPS) is 14.4. The molecule has 7 heteroatoms. The van der Waals surface area contributed by atoms with Crippen LogP contribution in [0.2, 0.25) is 5.02 Å². The predicted molar refractivity (Wildman–Crippen MR) is 119 cm³/mol. The number of amides is 1. The van der Waals surface area contributed by atoms with Crippen LogP contribution in [0.3, 0.4) is 0 Å². The minimum atomic E-state index is 0.203. The van der Waals surface area contributed by atoms with Crippen molar-refractivity contribution in [3.05, 3.63) is 53.1 Å². The third kappa shape index (κ3) is 4.82. The van der Waals surface area contributed by atoms with Crippen LogP contribution in [0.4, 0.5) is 5.13 Å². The van der Waals surface area contributed by atoms with Crippen LogP contribution >= 0.6 is 22.9 Å². The highest BCUT2D eigenvalue weighted by Gasteiger charge is 2.22. The first-order valence-electron chi connectivity index (χ1n) is 9.87. The summed E-state index contributed by atoms with van der Waals surface area (Å²) < 4.78 is 6.89. The van der Waals surface area contributed by atoms with Gasteiger partial charge in [0.2, 0.25) is 5.91 Å². The van der Waals surface area contributed by atoms with Crippen molar-refractivity contribution in [1.29, 1.82) is 0 Å². The van der Waals surface area contributed by atoms with E-state index in [1.165, 1.54) is 0 Å². The maximum absolute atomic E-state index is 12.5. The monoisotopic (exact) mass is 429 g/mol. The molecule has 1 amide bonds. The number of fused-ring (bicyclic) bond motifs is 1. The average Bonchev–Trinajstić information content (AvgIpc) is 3.15. The van der Waals surface area contributed by atoms with Gasteiger partial charge in [0.25, 0.3) is 0 Å². The van der Waals surface area contributed by atoms with E-state index in [1.807, 2.05) is 54.3 Å². The molecule has 0 atom stereocenters. The fourth-order valence-corrected chi connectivity index (χ4v) is 4.74. The number of ether oxygens (including phenoxy) is 1. The van der Waals surface area contributed by atoms with Crippen molar-refractivity contribution in [2.75, 3.05) is 37.7 Å². The van der Waals surface area contributed by atoms with Crippen LogP contribution in [0.15, 0.2) is 42.5 Å². The van der Waals surface area contributed by atoms with E-state index in [0.717, 1.165) is 64.3 Å². The Labute approximate surface area is 179 Å². The van der Waals surface area contributed by atoms with E-state index in [4.69, 9.17) is 21.3 Å². The average molecular weight is 430 g/mol. The number of hydrogen-bond donors (Lipinski definition) is 0. The van der Waals surface area contributed by atoms with Crippen molar-refractivity contribution in [2.45, 2.75) is 19.8 Å². The number of halogens is 1. The molecule has 3 aromatic rings. The fourth-order valence-electron chi connectivity index (χ4n) is 3.45. The largest absolute Gasteiger partial charge is 0.493 e. The molecule has 1 aliphatic rings. The predicted octanol–water partition coefficient (Wildman–Crippen LogP) is 4.77. The summed E-state index contributed by atoms with van der Waals surface area (Å²) in [5.74, 6) is 1.10. The number of anilines is 1. The zero-order chi connectivity index (χ0) is 20.2. The maximum Gasteiger partial charge on any atom is 0.222 e. The molecule has 4 rings (SSSR count). The lowest BCUT2D eigenvalue weighted by atomic mass is 10.2. The second kappa shape index (κ2) is 9.01. The SMILES string of the molecule is Cc1ccccc1OCCCC(=O)N1CCN(c2nc3ccc(Cl)cc3s2)CC1. The molecule has 0 unspecified atom stereocenters. The highest BCUT2D eigenvalue weighted by molar-refractivity contribution is 7.22. The molecular formula is C22H24ClN3O2S. The van der Waals surface area contributed by atoms with E-state index in [-0.39, 0.29) is 5.91 Å². The van der Waals surface area contributed by atoms with E-state index in [1.54, 1.807) is 11.3 Å². The van der Waals surface area contributed by atoms with Crippen molar-refractivity contribution in [1.82, 2.24) is 9.88 Å². The lowest BCUT2D eigenvalue weighted by Crippen LogP contribution is -2.48. The number of benzene rings is 2. The molecule has 0 saturated carbocycles. The summed E-state index contributed by atoms with van der Waals surface area (Å²) >= 11 is 7.73. The van der Waals surface area contributed by atoms with Crippen molar-refractivity contribution in [3.8, 4) is 5.75 Å². The third-order valence-corrected chi connectivity index (χ3v) is 6.44. The Bertz CT molecular complexity index is 999. The second-order valence-electron chi connectivity index (χ2n) is 7.19. The van der Waals surface area contributed by atoms with Crippen molar-refractivity contribution in [2.24, 2.45) is 0 Å². The van der Waals surface area contributed by atoms with E-state index in [0.29, 0.717) is 13.0 Å². The number of aryl methyl sites for hydroxylation is 1. The van der Waals surface area contributed by atoms with Gasteiger partial charge < -0.3 is 14.5 Å². The molecule has 2 heterocycles. The van der Waals surface area contributed by atoms with Gasteiger partial charge in [0, 0.05) is 37.6 Å². The Kier molecular flexibility index (Phi) is 6.21. The topological polar surface area (TPSA) is 45.7 Å². The van der Waals surface area contributed by atoms with Crippen molar-refractivity contribution >= 4 is 44.2 Å². The lowest BCUT2D eigenvalue weighted by Gasteiger charge is -2.34. The van der Waals surface area contributed by atoms with Gasteiger partial charge in [-0.1, -0.05) is 41.1 Å². The highest BCUT2D eigenvalue weighted by Crippen LogP contribution is 2.31. The van der Waals surface area contributed by atoms with Crippen LogP contribution in [0, 0.1) is 6.92 Å². The molecule has 0 radical (unpaired) electrons.